The van der Waals surface area contributed by atoms with Gasteiger partial charge in [0.15, 0.2) is 5.75 Å². The van der Waals surface area contributed by atoms with Crippen molar-refractivity contribution in [1.82, 2.24) is 10.2 Å². The van der Waals surface area contributed by atoms with Crippen molar-refractivity contribution in [2.24, 2.45) is 0 Å². The number of imide groups is 1. The molecule has 1 fully saturated rings. The number of aryl methyl sites for hydroxylation is 1. The summed E-state index contributed by atoms with van der Waals surface area (Å²) < 4.78 is 19.7. The summed E-state index contributed by atoms with van der Waals surface area (Å²) in [6.45, 7) is 2.11. The van der Waals surface area contributed by atoms with Crippen LogP contribution in [-0.4, -0.2) is 16.8 Å². The zero-order chi connectivity index (χ0) is 23.5. The van der Waals surface area contributed by atoms with E-state index in [1.54, 1.807) is 18.2 Å². The molecule has 3 amide bonds. The maximum absolute atomic E-state index is 13.9. The van der Waals surface area contributed by atoms with E-state index in [1.165, 1.54) is 24.3 Å². The number of carbonyl (C=O) groups excluding carboxylic acids is 2. The molecule has 5 nitrogen and oxygen atoms in total. The van der Waals surface area contributed by atoms with Gasteiger partial charge in [0.25, 0.3) is 5.91 Å². The third-order valence-corrected chi connectivity index (χ3v) is 5.61. The van der Waals surface area contributed by atoms with Crippen LogP contribution >= 0.6 is 23.2 Å². The molecule has 33 heavy (non-hydrogen) atoms. The van der Waals surface area contributed by atoms with E-state index in [0.29, 0.717) is 17.9 Å². The minimum Gasteiger partial charge on any atom is -0.486 e. The molecular weight excluding hydrogens is 466 g/mol. The lowest BCUT2D eigenvalue weighted by Crippen LogP contribution is -2.30. The van der Waals surface area contributed by atoms with Crippen molar-refractivity contribution in [3.8, 4) is 5.75 Å². The predicted molar refractivity (Wildman–Crippen MR) is 125 cm³/mol. The van der Waals surface area contributed by atoms with Crippen molar-refractivity contribution in [3.63, 3.8) is 0 Å². The molecule has 0 atom stereocenters. The van der Waals surface area contributed by atoms with Crippen LogP contribution in [0.15, 0.2) is 66.4 Å². The fraction of sp³-hybridized carbons (Fsp3) is 0.120. The van der Waals surface area contributed by atoms with Gasteiger partial charge < -0.3 is 10.1 Å². The number of hydrogen-bond acceptors (Lipinski definition) is 3. The maximum Gasteiger partial charge on any atom is 0.329 e. The monoisotopic (exact) mass is 484 g/mol. The molecule has 0 saturated carbocycles. The van der Waals surface area contributed by atoms with Gasteiger partial charge in [0.1, 0.15) is 18.1 Å². The van der Waals surface area contributed by atoms with E-state index in [4.69, 9.17) is 27.9 Å². The molecule has 0 unspecified atom stereocenters. The van der Waals surface area contributed by atoms with Gasteiger partial charge >= 0.3 is 6.03 Å². The first-order chi connectivity index (χ1) is 15.8. The Hall–Kier alpha value is -3.35. The zero-order valence-corrected chi connectivity index (χ0v) is 19.1. The van der Waals surface area contributed by atoms with E-state index in [-0.39, 0.29) is 27.9 Å². The summed E-state index contributed by atoms with van der Waals surface area (Å²) in [5, 5.41) is 3.04. The minimum absolute atomic E-state index is 0.0388. The summed E-state index contributed by atoms with van der Waals surface area (Å²) in [6, 6.07) is 16.4. The number of urea groups is 1. The molecule has 1 aliphatic rings. The molecule has 1 N–H and O–H groups in total. The Bertz CT molecular complexity index is 1250. The lowest BCUT2D eigenvalue weighted by Gasteiger charge is -2.12. The molecule has 0 aromatic heterocycles. The lowest BCUT2D eigenvalue weighted by atomic mass is 10.1. The van der Waals surface area contributed by atoms with Crippen LogP contribution in [0.5, 0.6) is 5.75 Å². The highest BCUT2D eigenvalue weighted by molar-refractivity contribution is 6.37. The summed E-state index contributed by atoms with van der Waals surface area (Å²) in [4.78, 5) is 25.9. The molecule has 4 rings (SSSR count). The molecule has 0 spiro atoms. The number of amides is 3. The van der Waals surface area contributed by atoms with Crippen molar-refractivity contribution in [3.05, 3.63) is 104 Å². The fourth-order valence-electron chi connectivity index (χ4n) is 3.44. The molecule has 1 saturated heterocycles. The molecule has 0 radical (unpaired) electrons. The standard InChI is InChI=1S/C25H19Cl2FN2O3/c1-15-5-4-6-16(9-15)14-33-23-19(26)10-17(11-20(23)27)12-22-24(31)30(25(32)29-22)13-18-7-2-3-8-21(18)28/h2-12H,13-14H2,1H3,(H,29,32)/b22-12+. The minimum atomic E-state index is -0.634. The van der Waals surface area contributed by atoms with Gasteiger partial charge in [-0.25, -0.2) is 9.18 Å². The SMILES string of the molecule is Cc1cccc(COc2c(Cl)cc(/C=C3/NC(=O)N(Cc4ccccc4F)C3=O)cc2Cl)c1. The van der Waals surface area contributed by atoms with Crippen LogP contribution in [-0.2, 0) is 17.9 Å². The van der Waals surface area contributed by atoms with Gasteiger partial charge in [-0.05, 0) is 42.3 Å². The van der Waals surface area contributed by atoms with Gasteiger partial charge in [-0.3, -0.25) is 9.69 Å². The molecule has 0 bridgehead atoms. The molecule has 0 aliphatic carbocycles. The first-order valence-electron chi connectivity index (χ1n) is 10.1. The van der Waals surface area contributed by atoms with Gasteiger partial charge in [-0.2, -0.15) is 0 Å². The highest BCUT2D eigenvalue weighted by Crippen LogP contribution is 2.35. The van der Waals surface area contributed by atoms with Crippen LogP contribution < -0.4 is 10.1 Å². The first kappa shape index (κ1) is 22.8. The van der Waals surface area contributed by atoms with Gasteiger partial charge in [-0.1, -0.05) is 71.2 Å². The van der Waals surface area contributed by atoms with Crippen molar-refractivity contribution in [2.75, 3.05) is 0 Å². The molecule has 3 aromatic carbocycles. The Balaban J connectivity index is 1.51. The van der Waals surface area contributed by atoms with Crippen LogP contribution in [0.1, 0.15) is 22.3 Å². The first-order valence-corrected chi connectivity index (χ1v) is 10.8. The molecular formula is C25H19Cl2FN2O3. The average molecular weight is 485 g/mol. The van der Waals surface area contributed by atoms with E-state index < -0.39 is 17.8 Å². The number of halogens is 3. The molecule has 1 aliphatic heterocycles. The third kappa shape index (κ3) is 5.18. The Morgan fingerprint density at radius 3 is 2.45 bits per heavy atom. The van der Waals surface area contributed by atoms with Crippen LogP contribution in [0, 0.1) is 12.7 Å². The van der Waals surface area contributed by atoms with Crippen molar-refractivity contribution in [1.29, 1.82) is 0 Å². The van der Waals surface area contributed by atoms with Gasteiger partial charge in [0.05, 0.1) is 16.6 Å². The largest absolute Gasteiger partial charge is 0.486 e. The normalized spacial score (nSPS) is 14.7. The van der Waals surface area contributed by atoms with E-state index in [1.807, 2.05) is 31.2 Å². The average Bonchev–Trinajstić information content (AvgIpc) is 3.02. The van der Waals surface area contributed by atoms with Crippen LogP contribution in [0.3, 0.4) is 0 Å². The summed E-state index contributed by atoms with van der Waals surface area (Å²) in [6.07, 6.45) is 1.46. The molecule has 168 valence electrons. The third-order valence-electron chi connectivity index (χ3n) is 5.05. The number of ether oxygens (including phenoxy) is 1. The quantitative estimate of drug-likeness (QED) is 0.339. The number of rotatable bonds is 6. The number of benzene rings is 3. The number of nitrogens with one attached hydrogen (secondary N) is 1. The second-order valence-electron chi connectivity index (χ2n) is 7.56. The summed E-state index contributed by atoms with van der Waals surface area (Å²) in [5.41, 5.74) is 2.87. The van der Waals surface area contributed by atoms with E-state index in [9.17, 15) is 14.0 Å². The van der Waals surface area contributed by atoms with E-state index in [2.05, 4.69) is 5.32 Å². The Morgan fingerprint density at radius 2 is 1.76 bits per heavy atom. The second kappa shape index (κ2) is 9.65. The molecule has 8 heteroatoms. The van der Waals surface area contributed by atoms with Crippen LogP contribution in [0.25, 0.3) is 6.08 Å². The Morgan fingerprint density at radius 1 is 1.03 bits per heavy atom. The van der Waals surface area contributed by atoms with Crippen molar-refractivity contribution >= 4 is 41.2 Å². The Labute approximate surface area is 200 Å². The highest BCUT2D eigenvalue weighted by Gasteiger charge is 2.34. The summed E-state index contributed by atoms with van der Waals surface area (Å²) in [5.74, 6) is -0.740. The Kier molecular flexibility index (Phi) is 6.67. The fourth-order valence-corrected chi connectivity index (χ4v) is 4.05. The highest BCUT2D eigenvalue weighted by atomic mass is 35.5. The van der Waals surface area contributed by atoms with Gasteiger partial charge in [0, 0.05) is 5.56 Å². The van der Waals surface area contributed by atoms with Crippen LogP contribution in [0.4, 0.5) is 9.18 Å². The van der Waals surface area contributed by atoms with E-state index >= 15 is 0 Å². The van der Waals surface area contributed by atoms with Crippen molar-refractivity contribution in [2.45, 2.75) is 20.1 Å². The number of hydrogen-bond donors (Lipinski definition) is 1. The van der Waals surface area contributed by atoms with E-state index in [0.717, 1.165) is 16.0 Å². The lowest BCUT2D eigenvalue weighted by molar-refractivity contribution is -0.123. The van der Waals surface area contributed by atoms with Gasteiger partial charge in [0.2, 0.25) is 0 Å². The molecule has 3 aromatic rings. The van der Waals surface area contributed by atoms with Crippen LogP contribution in [0.2, 0.25) is 10.0 Å². The zero-order valence-electron chi connectivity index (χ0n) is 17.6. The van der Waals surface area contributed by atoms with Crippen molar-refractivity contribution < 1.29 is 18.7 Å². The number of nitrogens with zero attached hydrogens (tertiary/aromatic N) is 1. The second-order valence-corrected chi connectivity index (χ2v) is 8.38. The predicted octanol–water partition coefficient (Wildman–Crippen LogP) is 6.11. The summed E-state index contributed by atoms with van der Waals surface area (Å²) in [7, 11) is 0. The topological polar surface area (TPSA) is 58.6 Å². The number of carbonyl (C=O) groups is 2. The summed E-state index contributed by atoms with van der Waals surface area (Å²) >= 11 is 12.7. The molecule has 1 heterocycles. The van der Waals surface area contributed by atoms with Gasteiger partial charge in [-0.15, -0.1) is 0 Å². The maximum atomic E-state index is 13.9. The smallest absolute Gasteiger partial charge is 0.329 e.